The zero-order chi connectivity index (χ0) is 9.12. The highest BCUT2D eigenvalue weighted by molar-refractivity contribution is 4.73. The minimum Gasteiger partial charge on any atom is -0.384 e. The fraction of sp³-hybridized carbons (Fsp3) is 1.00. The summed E-state index contributed by atoms with van der Waals surface area (Å²) in [7, 11) is 6.32. The quantitative estimate of drug-likeness (QED) is 0.614. The molecule has 11 heavy (non-hydrogen) atoms. The molecule has 0 heterocycles. The van der Waals surface area contributed by atoms with Crippen LogP contribution in [0.1, 0.15) is 26.7 Å². The van der Waals surface area contributed by atoms with E-state index < -0.39 is 5.60 Å². The summed E-state index contributed by atoms with van der Waals surface area (Å²) in [6.45, 7) is 4.92. The second-order valence-corrected chi connectivity index (χ2v) is 4.38. The van der Waals surface area contributed by atoms with Crippen LogP contribution in [0.15, 0.2) is 0 Å². The summed E-state index contributed by atoms with van der Waals surface area (Å²) in [4.78, 5) is 0. The molecule has 0 aromatic heterocycles. The standard InChI is InChI=1S/C9H22NO/c1-6-9(11,7-2)8-10(3,4)5/h11H,6-8H2,1-5H3/q+1. The summed E-state index contributed by atoms with van der Waals surface area (Å²) in [5, 5.41) is 9.95. The third kappa shape index (κ3) is 4.38. The number of hydrogen-bond acceptors (Lipinski definition) is 1. The zero-order valence-electron chi connectivity index (χ0n) is 8.52. The molecule has 0 rings (SSSR count). The Morgan fingerprint density at radius 1 is 1.09 bits per heavy atom. The highest BCUT2D eigenvalue weighted by Crippen LogP contribution is 2.17. The summed E-state index contributed by atoms with van der Waals surface area (Å²) < 4.78 is 0.832. The second kappa shape index (κ2) is 3.55. The number of aliphatic hydroxyl groups is 1. The Balaban J connectivity index is 4.08. The molecule has 0 aliphatic rings. The van der Waals surface area contributed by atoms with Gasteiger partial charge in [0, 0.05) is 0 Å². The highest BCUT2D eigenvalue weighted by atomic mass is 16.3. The van der Waals surface area contributed by atoms with Crippen molar-refractivity contribution < 1.29 is 9.59 Å². The third-order valence-corrected chi connectivity index (χ3v) is 2.08. The fourth-order valence-corrected chi connectivity index (χ4v) is 1.36. The molecule has 0 spiro atoms. The van der Waals surface area contributed by atoms with E-state index in [0.29, 0.717) is 0 Å². The molecule has 0 aromatic rings. The normalized spacial score (nSPS) is 13.6. The lowest BCUT2D eigenvalue weighted by Gasteiger charge is -2.34. The fourth-order valence-electron chi connectivity index (χ4n) is 1.36. The molecule has 0 unspecified atom stereocenters. The molecule has 0 aliphatic carbocycles. The van der Waals surface area contributed by atoms with Crippen LogP contribution in [0, 0.1) is 0 Å². The smallest absolute Gasteiger partial charge is 0.113 e. The molecular weight excluding hydrogens is 138 g/mol. The van der Waals surface area contributed by atoms with Crippen LogP contribution in [-0.2, 0) is 0 Å². The summed E-state index contributed by atoms with van der Waals surface area (Å²) >= 11 is 0. The number of likely N-dealkylation sites (N-methyl/N-ethyl adjacent to an activating group) is 1. The highest BCUT2D eigenvalue weighted by Gasteiger charge is 2.29. The van der Waals surface area contributed by atoms with Crippen LogP contribution in [0.3, 0.4) is 0 Å². The van der Waals surface area contributed by atoms with E-state index in [-0.39, 0.29) is 0 Å². The predicted molar refractivity (Wildman–Crippen MR) is 48.4 cm³/mol. The maximum Gasteiger partial charge on any atom is 0.113 e. The van der Waals surface area contributed by atoms with Gasteiger partial charge in [-0.3, -0.25) is 0 Å². The summed E-state index contributed by atoms with van der Waals surface area (Å²) in [6.07, 6.45) is 1.69. The average molecular weight is 160 g/mol. The average Bonchev–Trinajstić information content (AvgIpc) is 1.84. The van der Waals surface area contributed by atoms with Gasteiger partial charge in [-0.1, -0.05) is 13.8 Å². The first-order valence-electron chi connectivity index (χ1n) is 4.36. The maximum atomic E-state index is 9.95. The molecule has 0 saturated heterocycles. The molecule has 0 atom stereocenters. The number of quaternary nitrogens is 1. The molecule has 2 heteroatoms. The monoisotopic (exact) mass is 160 g/mol. The minimum absolute atomic E-state index is 0.460. The van der Waals surface area contributed by atoms with E-state index >= 15 is 0 Å². The molecule has 0 bridgehead atoms. The van der Waals surface area contributed by atoms with Crippen molar-refractivity contribution in [2.75, 3.05) is 27.7 Å². The van der Waals surface area contributed by atoms with Crippen molar-refractivity contribution >= 4 is 0 Å². The molecule has 68 valence electrons. The van der Waals surface area contributed by atoms with Gasteiger partial charge in [0.05, 0.1) is 21.1 Å². The van der Waals surface area contributed by atoms with Crippen LogP contribution in [0.4, 0.5) is 0 Å². The van der Waals surface area contributed by atoms with Crippen LogP contribution in [0.25, 0.3) is 0 Å². The van der Waals surface area contributed by atoms with Gasteiger partial charge in [0.15, 0.2) is 0 Å². The Morgan fingerprint density at radius 3 is 1.55 bits per heavy atom. The lowest BCUT2D eigenvalue weighted by atomic mass is 9.96. The number of rotatable bonds is 4. The Kier molecular flexibility index (Phi) is 3.52. The van der Waals surface area contributed by atoms with Crippen LogP contribution in [-0.4, -0.2) is 42.9 Å². The molecule has 0 fully saturated rings. The summed E-state index contributed by atoms with van der Waals surface area (Å²) in [6, 6.07) is 0. The van der Waals surface area contributed by atoms with Crippen molar-refractivity contribution in [2.45, 2.75) is 32.3 Å². The van der Waals surface area contributed by atoms with Gasteiger partial charge >= 0.3 is 0 Å². The molecule has 0 saturated carbocycles. The Labute approximate surface area is 70.4 Å². The lowest BCUT2D eigenvalue weighted by Crippen LogP contribution is -2.48. The molecular formula is C9H22NO+. The first-order chi connectivity index (χ1) is 4.83. The van der Waals surface area contributed by atoms with E-state index in [2.05, 4.69) is 21.1 Å². The summed E-state index contributed by atoms with van der Waals surface area (Å²) in [5.74, 6) is 0. The summed E-state index contributed by atoms with van der Waals surface area (Å²) in [5.41, 5.74) is -0.460. The number of hydrogen-bond donors (Lipinski definition) is 1. The van der Waals surface area contributed by atoms with Gasteiger partial charge in [-0.05, 0) is 12.8 Å². The topological polar surface area (TPSA) is 20.2 Å². The van der Waals surface area contributed by atoms with Crippen LogP contribution in [0.5, 0.6) is 0 Å². The van der Waals surface area contributed by atoms with Crippen molar-refractivity contribution in [1.29, 1.82) is 0 Å². The Bertz CT molecular complexity index is 111. The SMILES string of the molecule is CCC(O)(CC)C[N+](C)(C)C. The first-order valence-corrected chi connectivity index (χ1v) is 4.36. The lowest BCUT2D eigenvalue weighted by molar-refractivity contribution is -0.877. The second-order valence-electron chi connectivity index (χ2n) is 4.38. The Hall–Kier alpha value is -0.0800. The van der Waals surface area contributed by atoms with E-state index in [1.807, 2.05) is 13.8 Å². The van der Waals surface area contributed by atoms with Gasteiger partial charge in [-0.25, -0.2) is 0 Å². The minimum atomic E-state index is -0.460. The maximum absolute atomic E-state index is 9.95. The molecule has 1 N–H and O–H groups in total. The van der Waals surface area contributed by atoms with Gasteiger partial charge in [0.2, 0.25) is 0 Å². The van der Waals surface area contributed by atoms with E-state index in [4.69, 9.17) is 0 Å². The van der Waals surface area contributed by atoms with Crippen LogP contribution >= 0.6 is 0 Å². The van der Waals surface area contributed by atoms with Gasteiger partial charge in [0.1, 0.15) is 12.1 Å². The largest absolute Gasteiger partial charge is 0.384 e. The third-order valence-electron chi connectivity index (χ3n) is 2.08. The van der Waals surface area contributed by atoms with Crippen LogP contribution < -0.4 is 0 Å². The Morgan fingerprint density at radius 2 is 1.45 bits per heavy atom. The van der Waals surface area contributed by atoms with Gasteiger partial charge in [-0.2, -0.15) is 0 Å². The van der Waals surface area contributed by atoms with Gasteiger partial charge < -0.3 is 9.59 Å². The first kappa shape index (κ1) is 10.9. The van der Waals surface area contributed by atoms with Crippen molar-refractivity contribution in [2.24, 2.45) is 0 Å². The van der Waals surface area contributed by atoms with Crippen molar-refractivity contribution in [3.05, 3.63) is 0 Å². The zero-order valence-corrected chi connectivity index (χ0v) is 8.52. The van der Waals surface area contributed by atoms with Gasteiger partial charge in [-0.15, -0.1) is 0 Å². The molecule has 0 radical (unpaired) electrons. The van der Waals surface area contributed by atoms with Crippen LogP contribution in [0.2, 0.25) is 0 Å². The van der Waals surface area contributed by atoms with E-state index in [0.717, 1.165) is 23.9 Å². The van der Waals surface area contributed by atoms with E-state index in [9.17, 15) is 5.11 Å². The van der Waals surface area contributed by atoms with Crippen molar-refractivity contribution in [1.82, 2.24) is 0 Å². The molecule has 0 aliphatic heterocycles. The van der Waals surface area contributed by atoms with Crippen molar-refractivity contribution in [3.8, 4) is 0 Å². The van der Waals surface area contributed by atoms with E-state index in [1.54, 1.807) is 0 Å². The van der Waals surface area contributed by atoms with E-state index in [1.165, 1.54) is 0 Å². The van der Waals surface area contributed by atoms with Gasteiger partial charge in [0.25, 0.3) is 0 Å². The number of nitrogens with zero attached hydrogens (tertiary/aromatic N) is 1. The van der Waals surface area contributed by atoms with Crippen molar-refractivity contribution in [3.63, 3.8) is 0 Å². The molecule has 0 aromatic carbocycles. The molecule has 0 amide bonds. The molecule has 2 nitrogen and oxygen atoms in total. The predicted octanol–water partition coefficient (Wildman–Crippen LogP) is 1.24.